The fourth-order valence-electron chi connectivity index (χ4n) is 7.92. The van der Waals surface area contributed by atoms with Gasteiger partial charge in [-0.15, -0.1) is 0 Å². The van der Waals surface area contributed by atoms with Gasteiger partial charge in [0.1, 0.15) is 28.8 Å². The SMILES string of the molecule is CS(=O)(=O)N(c1cccc(-c2cnn3ccc(Nc4ccc(Oc5ccccc5)cc4)nc23)c1)N(c1ccc(Oc2ccccc2)cc1)c1ccn2ncc(-c3cnn(Cc4ccccc4)c3)c2n1. The summed E-state index contributed by atoms with van der Waals surface area (Å²) in [5.41, 5.74) is 6.71. The molecule has 0 aliphatic heterocycles. The van der Waals surface area contributed by atoms with Crippen molar-refractivity contribution in [3.63, 3.8) is 0 Å². The lowest BCUT2D eigenvalue weighted by molar-refractivity contribution is 0.482. The van der Waals surface area contributed by atoms with E-state index in [1.54, 1.807) is 87.4 Å². The first-order valence-corrected chi connectivity index (χ1v) is 23.7. The Morgan fingerprint density at radius 3 is 1.78 bits per heavy atom. The van der Waals surface area contributed by atoms with E-state index in [0.717, 1.165) is 28.1 Å². The smallest absolute Gasteiger partial charge is 0.250 e. The van der Waals surface area contributed by atoms with Crippen LogP contribution in [-0.2, 0) is 16.6 Å². The zero-order valence-corrected chi connectivity index (χ0v) is 37.7. The molecule has 5 heterocycles. The molecule has 0 spiro atoms. The van der Waals surface area contributed by atoms with Crippen LogP contribution in [0.3, 0.4) is 0 Å². The Kier molecular flexibility index (Phi) is 11.2. The van der Waals surface area contributed by atoms with Crippen molar-refractivity contribution in [3.05, 3.63) is 219 Å². The second-order valence-electron chi connectivity index (χ2n) is 16.0. The zero-order valence-electron chi connectivity index (χ0n) is 36.9. The van der Waals surface area contributed by atoms with Crippen LogP contribution in [0, 0.1) is 0 Å². The average molecular weight is 928 g/mol. The molecule has 0 unspecified atom stereocenters. The van der Waals surface area contributed by atoms with Crippen LogP contribution < -0.4 is 24.2 Å². The minimum atomic E-state index is -4.09. The van der Waals surface area contributed by atoms with Crippen molar-refractivity contribution in [1.82, 2.24) is 39.0 Å². The van der Waals surface area contributed by atoms with Crippen LogP contribution in [0.25, 0.3) is 33.5 Å². The molecule has 6 aromatic carbocycles. The Hall–Kier alpha value is -9.28. The van der Waals surface area contributed by atoms with Crippen molar-refractivity contribution in [2.75, 3.05) is 21.0 Å². The molecule has 338 valence electrons. The molecule has 15 nitrogen and oxygen atoms in total. The molecule has 0 radical (unpaired) electrons. The highest BCUT2D eigenvalue weighted by molar-refractivity contribution is 7.92. The van der Waals surface area contributed by atoms with Gasteiger partial charge in [0, 0.05) is 47.0 Å². The van der Waals surface area contributed by atoms with Gasteiger partial charge >= 0.3 is 0 Å². The van der Waals surface area contributed by atoms with E-state index in [4.69, 9.17) is 19.4 Å². The van der Waals surface area contributed by atoms with Crippen LogP contribution >= 0.6 is 0 Å². The number of anilines is 5. The molecule has 0 aliphatic rings. The number of fused-ring (bicyclic) bond motifs is 2. The third-order valence-corrected chi connectivity index (χ3v) is 12.1. The quantitative estimate of drug-likeness (QED) is 0.0979. The number of benzene rings is 6. The normalized spacial score (nSPS) is 11.4. The van der Waals surface area contributed by atoms with Gasteiger partial charge in [-0.05, 0) is 102 Å². The van der Waals surface area contributed by atoms with Crippen LogP contribution in [0.4, 0.5) is 28.7 Å². The van der Waals surface area contributed by atoms with Gasteiger partial charge in [0.2, 0.25) is 10.0 Å². The number of rotatable bonds is 15. The molecule has 1 N–H and O–H groups in total. The number of ether oxygens (including phenoxy) is 2. The number of nitrogens with zero attached hydrogens (tertiary/aromatic N) is 10. The molecular formula is C53H41N11O4S. The maximum absolute atomic E-state index is 14.4. The van der Waals surface area contributed by atoms with E-state index >= 15 is 0 Å². The van der Waals surface area contributed by atoms with E-state index in [9.17, 15) is 8.42 Å². The third-order valence-electron chi connectivity index (χ3n) is 11.1. The van der Waals surface area contributed by atoms with Gasteiger partial charge < -0.3 is 14.8 Å². The molecule has 11 rings (SSSR count). The summed E-state index contributed by atoms with van der Waals surface area (Å²) in [6.45, 7) is 0.586. The maximum Gasteiger partial charge on any atom is 0.250 e. The number of hydrazine groups is 1. The number of aromatic nitrogens is 8. The second kappa shape index (κ2) is 18.2. The largest absolute Gasteiger partial charge is 0.457 e. The number of para-hydroxylation sites is 2. The van der Waals surface area contributed by atoms with Gasteiger partial charge in [-0.1, -0.05) is 78.9 Å². The van der Waals surface area contributed by atoms with Crippen molar-refractivity contribution in [3.8, 4) is 45.3 Å². The van der Waals surface area contributed by atoms with Crippen molar-refractivity contribution in [2.45, 2.75) is 6.54 Å². The monoisotopic (exact) mass is 927 g/mol. The van der Waals surface area contributed by atoms with E-state index in [0.29, 0.717) is 69.2 Å². The van der Waals surface area contributed by atoms with Gasteiger partial charge in [0.15, 0.2) is 17.1 Å². The first kappa shape index (κ1) is 42.4. The van der Waals surface area contributed by atoms with E-state index in [1.165, 1.54) is 10.7 Å². The number of hydrogen-bond donors (Lipinski definition) is 1. The molecule has 0 aliphatic carbocycles. The predicted molar refractivity (Wildman–Crippen MR) is 267 cm³/mol. The van der Waals surface area contributed by atoms with Crippen molar-refractivity contribution in [2.24, 2.45) is 0 Å². The minimum Gasteiger partial charge on any atom is -0.457 e. The Morgan fingerprint density at radius 2 is 1.13 bits per heavy atom. The standard InChI is InChI=1S/C53H41N11O4S/c1-69(65,66)64(43-15-11-14-39(32-43)48-34-55-61-30-28-50(58-52(48)61)57-41-20-24-46(25-21-41)67-44-16-7-3-8-17-44)63(42-22-26-47(27-23-42)68-45-18-9-4-10-19-45)51-29-31-62-53(59-51)49(35-56-62)40-33-54-60(37-40)36-38-12-5-2-6-13-38/h2-35,37H,36H2,1H3,(H,57,58). The minimum absolute atomic E-state index is 0.307. The van der Waals surface area contributed by atoms with Gasteiger partial charge in [-0.2, -0.15) is 19.7 Å². The van der Waals surface area contributed by atoms with Crippen LogP contribution in [0.15, 0.2) is 213 Å². The summed E-state index contributed by atoms with van der Waals surface area (Å²) >= 11 is 0. The molecule has 0 fully saturated rings. The summed E-state index contributed by atoms with van der Waals surface area (Å²) in [4.78, 5) is 10.1. The fraction of sp³-hybridized carbons (Fsp3) is 0.0377. The summed E-state index contributed by atoms with van der Waals surface area (Å²) in [6.07, 6.45) is 11.9. The highest BCUT2D eigenvalue weighted by Gasteiger charge is 2.30. The molecular weight excluding hydrogens is 887 g/mol. The van der Waals surface area contributed by atoms with E-state index in [1.807, 2.05) is 132 Å². The number of hydrogen-bond acceptors (Lipinski definition) is 11. The van der Waals surface area contributed by atoms with Gasteiger partial charge in [-0.25, -0.2) is 32.4 Å². The fourth-order valence-corrected chi connectivity index (χ4v) is 8.89. The first-order chi connectivity index (χ1) is 33.8. The molecule has 0 atom stereocenters. The summed E-state index contributed by atoms with van der Waals surface area (Å²) in [7, 11) is -4.09. The molecule has 69 heavy (non-hydrogen) atoms. The average Bonchev–Trinajstić information content (AvgIpc) is 4.13. The van der Waals surface area contributed by atoms with Gasteiger partial charge in [0.25, 0.3) is 0 Å². The van der Waals surface area contributed by atoms with Crippen LogP contribution in [0.1, 0.15) is 5.56 Å². The number of sulfonamides is 1. The molecule has 16 heteroatoms. The summed E-state index contributed by atoms with van der Waals surface area (Å²) in [6, 6.07) is 54.7. The zero-order chi connectivity index (χ0) is 46.7. The molecule has 0 bridgehead atoms. The summed E-state index contributed by atoms with van der Waals surface area (Å²) in [5.74, 6) is 3.58. The lowest BCUT2D eigenvalue weighted by Crippen LogP contribution is -2.44. The second-order valence-corrected chi connectivity index (χ2v) is 17.8. The highest BCUT2D eigenvalue weighted by Crippen LogP contribution is 2.37. The topological polar surface area (TPSA) is 149 Å². The van der Waals surface area contributed by atoms with Gasteiger partial charge in [-0.3, -0.25) is 4.68 Å². The maximum atomic E-state index is 14.4. The van der Waals surface area contributed by atoms with Gasteiger partial charge in [0.05, 0.1) is 42.8 Å². The lowest BCUT2D eigenvalue weighted by atomic mass is 10.1. The Labute approximate surface area is 396 Å². The third kappa shape index (κ3) is 9.15. The predicted octanol–water partition coefficient (Wildman–Crippen LogP) is 11.2. The van der Waals surface area contributed by atoms with Crippen molar-refractivity contribution < 1.29 is 17.9 Å². The first-order valence-electron chi connectivity index (χ1n) is 21.9. The van der Waals surface area contributed by atoms with Crippen LogP contribution in [0.2, 0.25) is 0 Å². The molecule has 0 saturated heterocycles. The van der Waals surface area contributed by atoms with Crippen LogP contribution in [-0.4, -0.2) is 53.7 Å². The summed E-state index contributed by atoms with van der Waals surface area (Å²) < 4.78 is 47.3. The molecule has 11 aromatic rings. The molecule has 0 saturated carbocycles. The Bertz CT molecular complexity index is 3660. The Morgan fingerprint density at radius 1 is 0.551 bits per heavy atom. The number of nitrogens with one attached hydrogen (secondary N) is 1. The highest BCUT2D eigenvalue weighted by atomic mass is 32.2. The van der Waals surface area contributed by atoms with E-state index in [-0.39, 0.29) is 0 Å². The van der Waals surface area contributed by atoms with Crippen molar-refractivity contribution >= 4 is 50.0 Å². The van der Waals surface area contributed by atoms with E-state index < -0.39 is 10.0 Å². The summed E-state index contributed by atoms with van der Waals surface area (Å²) in [5, 5.41) is 18.8. The van der Waals surface area contributed by atoms with Crippen molar-refractivity contribution in [1.29, 1.82) is 0 Å². The molecule has 0 amide bonds. The molecule has 5 aromatic heterocycles. The Balaban J connectivity index is 0.952. The van der Waals surface area contributed by atoms with Crippen LogP contribution in [0.5, 0.6) is 23.0 Å². The lowest BCUT2D eigenvalue weighted by Gasteiger charge is -2.35. The van der Waals surface area contributed by atoms with E-state index in [2.05, 4.69) is 32.7 Å².